The first-order chi connectivity index (χ1) is 12.5. The second-order valence-electron chi connectivity index (χ2n) is 5.90. The van der Waals surface area contributed by atoms with Crippen molar-refractivity contribution in [1.82, 2.24) is 10.3 Å². The number of furan rings is 1. The number of anilines is 1. The Balaban J connectivity index is 1.61. The molecule has 2 amide bonds. The Morgan fingerprint density at radius 1 is 1.23 bits per heavy atom. The first kappa shape index (κ1) is 17.9. The molecule has 0 fully saturated rings. The zero-order valence-corrected chi connectivity index (χ0v) is 15.4. The molecule has 0 aliphatic rings. The van der Waals surface area contributed by atoms with Gasteiger partial charge >= 0.3 is 0 Å². The predicted molar refractivity (Wildman–Crippen MR) is 101 cm³/mol. The second-order valence-corrected chi connectivity index (χ2v) is 6.84. The van der Waals surface area contributed by atoms with E-state index >= 15 is 0 Å². The summed E-state index contributed by atoms with van der Waals surface area (Å²) >= 11 is 1.41. The number of carbonyl (C=O) groups is 2. The maximum atomic E-state index is 12.2. The molecule has 0 saturated carbocycles. The summed E-state index contributed by atoms with van der Waals surface area (Å²) in [5.41, 5.74) is 2.55. The number of hydrogen-bond acceptors (Lipinski definition) is 5. The van der Waals surface area contributed by atoms with Gasteiger partial charge < -0.3 is 15.1 Å². The topological polar surface area (TPSA) is 84.2 Å². The molecule has 0 unspecified atom stereocenters. The van der Waals surface area contributed by atoms with Crippen LogP contribution in [0.1, 0.15) is 23.3 Å². The van der Waals surface area contributed by atoms with E-state index in [1.807, 2.05) is 42.6 Å². The molecule has 26 heavy (non-hydrogen) atoms. The quantitative estimate of drug-likeness (QED) is 0.696. The van der Waals surface area contributed by atoms with E-state index in [-0.39, 0.29) is 18.2 Å². The smallest absolute Gasteiger partial charge is 0.231 e. The number of amides is 2. The first-order valence-electron chi connectivity index (χ1n) is 8.14. The molecular weight excluding hydrogens is 350 g/mol. The van der Waals surface area contributed by atoms with Crippen molar-refractivity contribution in [2.45, 2.75) is 26.8 Å². The number of carbonyl (C=O) groups excluding carboxylic acids is 2. The van der Waals surface area contributed by atoms with Crippen molar-refractivity contribution in [3.8, 4) is 11.5 Å². The van der Waals surface area contributed by atoms with Crippen molar-refractivity contribution in [3.05, 3.63) is 58.1 Å². The number of nitrogens with one attached hydrogen (secondary N) is 2. The Morgan fingerprint density at radius 3 is 2.85 bits per heavy atom. The largest absolute Gasteiger partial charge is 0.458 e. The third-order valence-electron chi connectivity index (χ3n) is 3.59. The third-order valence-corrected chi connectivity index (χ3v) is 4.44. The van der Waals surface area contributed by atoms with Crippen LogP contribution in [0.25, 0.3) is 11.5 Å². The zero-order chi connectivity index (χ0) is 18.5. The van der Waals surface area contributed by atoms with Gasteiger partial charge in [0.25, 0.3) is 0 Å². The summed E-state index contributed by atoms with van der Waals surface area (Å²) in [5.74, 6) is 1.05. The summed E-state index contributed by atoms with van der Waals surface area (Å²) < 4.78 is 5.68. The molecular formula is C19H19N3O3S. The number of nitrogens with zero attached hydrogens (tertiary/aromatic N) is 1. The molecule has 0 aliphatic heterocycles. The number of rotatable bonds is 6. The number of benzene rings is 1. The van der Waals surface area contributed by atoms with Gasteiger partial charge in [0.2, 0.25) is 11.8 Å². The molecule has 0 atom stereocenters. The molecule has 0 radical (unpaired) electrons. The maximum absolute atomic E-state index is 12.2. The molecule has 2 N–H and O–H groups in total. The number of aromatic nitrogens is 1. The number of hydrogen-bond donors (Lipinski definition) is 2. The lowest BCUT2D eigenvalue weighted by Crippen LogP contribution is -2.18. The summed E-state index contributed by atoms with van der Waals surface area (Å²) in [6.07, 6.45) is 0.206. The molecule has 1 aromatic carbocycles. The minimum absolute atomic E-state index is 0.109. The van der Waals surface area contributed by atoms with Crippen molar-refractivity contribution in [3.63, 3.8) is 0 Å². The lowest BCUT2D eigenvalue weighted by atomic mass is 10.2. The molecule has 0 spiro atoms. The van der Waals surface area contributed by atoms with Gasteiger partial charge in [-0.1, -0.05) is 12.1 Å². The standard InChI is InChI=1S/C19H19N3O3S/c1-12-4-3-5-14(8-12)21-18(24)9-19-22-16(11-26-19)17-7-6-15(25-17)10-20-13(2)23/h3-8,11H,9-10H2,1-2H3,(H,20,23)(H,21,24). The minimum Gasteiger partial charge on any atom is -0.458 e. The Morgan fingerprint density at radius 2 is 2.08 bits per heavy atom. The molecule has 7 heteroatoms. The summed E-state index contributed by atoms with van der Waals surface area (Å²) in [5, 5.41) is 8.13. The highest BCUT2D eigenvalue weighted by Crippen LogP contribution is 2.24. The van der Waals surface area contributed by atoms with E-state index in [2.05, 4.69) is 15.6 Å². The van der Waals surface area contributed by atoms with Gasteiger partial charge in [0, 0.05) is 18.0 Å². The van der Waals surface area contributed by atoms with Crippen LogP contribution >= 0.6 is 11.3 Å². The Labute approximate surface area is 155 Å². The summed E-state index contributed by atoms with van der Waals surface area (Å²) in [7, 11) is 0. The Hall–Kier alpha value is -2.93. The highest BCUT2D eigenvalue weighted by Gasteiger charge is 2.12. The van der Waals surface area contributed by atoms with Gasteiger partial charge in [0.05, 0.1) is 13.0 Å². The fraction of sp³-hybridized carbons (Fsp3) is 0.211. The van der Waals surface area contributed by atoms with Crippen LogP contribution in [-0.2, 0) is 22.6 Å². The van der Waals surface area contributed by atoms with Crippen LogP contribution in [0.3, 0.4) is 0 Å². The van der Waals surface area contributed by atoms with Gasteiger partial charge in [-0.05, 0) is 36.8 Å². The van der Waals surface area contributed by atoms with Crippen molar-refractivity contribution < 1.29 is 14.0 Å². The average Bonchev–Trinajstić information content (AvgIpc) is 3.21. The lowest BCUT2D eigenvalue weighted by Gasteiger charge is -2.04. The van der Waals surface area contributed by atoms with Crippen molar-refractivity contribution >= 4 is 28.8 Å². The van der Waals surface area contributed by atoms with Gasteiger partial charge in [-0.2, -0.15) is 0 Å². The van der Waals surface area contributed by atoms with Crippen LogP contribution in [0.5, 0.6) is 0 Å². The summed E-state index contributed by atoms with van der Waals surface area (Å²) in [6.45, 7) is 3.77. The fourth-order valence-electron chi connectivity index (χ4n) is 2.39. The van der Waals surface area contributed by atoms with Gasteiger partial charge in [-0.15, -0.1) is 11.3 Å². The SMILES string of the molecule is CC(=O)NCc1ccc(-c2csc(CC(=O)Nc3cccc(C)c3)n2)o1. The Kier molecular flexibility index (Phi) is 5.48. The van der Waals surface area contributed by atoms with Crippen LogP contribution in [0, 0.1) is 6.92 Å². The lowest BCUT2D eigenvalue weighted by molar-refractivity contribution is -0.119. The molecule has 3 aromatic rings. The van der Waals surface area contributed by atoms with Crippen LogP contribution in [-0.4, -0.2) is 16.8 Å². The molecule has 2 aromatic heterocycles. The van der Waals surface area contributed by atoms with Crippen LogP contribution in [0.4, 0.5) is 5.69 Å². The minimum atomic E-state index is -0.112. The summed E-state index contributed by atoms with van der Waals surface area (Å²) in [6, 6.07) is 11.3. The molecule has 3 rings (SSSR count). The second kappa shape index (κ2) is 7.97. The van der Waals surface area contributed by atoms with Gasteiger partial charge in [0.1, 0.15) is 16.5 Å². The monoisotopic (exact) mass is 369 g/mol. The molecule has 2 heterocycles. The number of thiazole rings is 1. The normalized spacial score (nSPS) is 10.5. The molecule has 0 saturated heterocycles. The first-order valence-corrected chi connectivity index (χ1v) is 9.02. The van der Waals surface area contributed by atoms with E-state index in [1.165, 1.54) is 18.3 Å². The molecule has 134 valence electrons. The van der Waals surface area contributed by atoms with Crippen LogP contribution in [0.15, 0.2) is 46.2 Å². The molecule has 0 aliphatic carbocycles. The van der Waals surface area contributed by atoms with E-state index < -0.39 is 0 Å². The fourth-order valence-corrected chi connectivity index (χ4v) is 3.17. The molecule has 0 bridgehead atoms. The highest BCUT2D eigenvalue weighted by molar-refractivity contribution is 7.10. The van der Waals surface area contributed by atoms with Gasteiger partial charge in [-0.25, -0.2) is 4.98 Å². The van der Waals surface area contributed by atoms with Crippen LogP contribution in [0.2, 0.25) is 0 Å². The predicted octanol–water partition coefficient (Wildman–Crippen LogP) is 3.53. The van der Waals surface area contributed by atoms with Crippen molar-refractivity contribution in [2.75, 3.05) is 5.32 Å². The van der Waals surface area contributed by atoms with Crippen LogP contribution < -0.4 is 10.6 Å². The van der Waals surface area contributed by atoms with Gasteiger partial charge in [-0.3, -0.25) is 9.59 Å². The third kappa shape index (κ3) is 4.80. The average molecular weight is 369 g/mol. The maximum Gasteiger partial charge on any atom is 0.231 e. The Bertz CT molecular complexity index is 930. The van der Waals surface area contributed by atoms with E-state index in [4.69, 9.17) is 4.42 Å². The zero-order valence-electron chi connectivity index (χ0n) is 14.5. The highest BCUT2D eigenvalue weighted by atomic mass is 32.1. The number of aryl methyl sites for hydroxylation is 1. The molecule has 6 nitrogen and oxygen atoms in total. The van der Waals surface area contributed by atoms with E-state index in [1.54, 1.807) is 6.07 Å². The summed E-state index contributed by atoms with van der Waals surface area (Å²) in [4.78, 5) is 27.6. The van der Waals surface area contributed by atoms with E-state index in [0.717, 1.165) is 11.3 Å². The van der Waals surface area contributed by atoms with Gasteiger partial charge in [0.15, 0.2) is 5.76 Å². The van der Waals surface area contributed by atoms with E-state index in [0.29, 0.717) is 28.8 Å². The van der Waals surface area contributed by atoms with Crippen molar-refractivity contribution in [1.29, 1.82) is 0 Å². The van der Waals surface area contributed by atoms with E-state index in [9.17, 15) is 9.59 Å². The van der Waals surface area contributed by atoms with Crippen molar-refractivity contribution in [2.24, 2.45) is 0 Å².